The summed E-state index contributed by atoms with van der Waals surface area (Å²) in [7, 11) is 0. The van der Waals surface area contributed by atoms with Crippen LogP contribution in [-0.2, 0) is 9.59 Å². The Morgan fingerprint density at radius 1 is 1.00 bits per heavy atom. The van der Waals surface area contributed by atoms with Gasteiger partial charge in [0.15, 0.2) is 0 Å². The summed E-state index contributed by atoms with van der Waals surface area (Å²) in [4.78, 5) is 30.0. The van der Waals surface area contributed by atoms with Gasteiger partial charge in [-0.3, -0.25) is 9.59 Å². The van der Waals surface area contributed by atoms with E-state index < -0.39 is 5.91 Å². The zero-order valence-electron chi connectivity index (χ0n) is 16.4. The van der Waals surface area contributed by atoms with Crippen molar-refractivity contribution in [2.24, 2.45) is 5.92 Å². The number of halogens is 2. The van der Waals surface area contributed by atoms with Crippen LogP contribution in [0, 0.1) is 18.7 Å². The van der Waals surface area contributed by atoms with Crippen molar-refractivity contribution in [3.05, 3.63) is 70.1 Å². The van der Waals surface area contributed by atoms with Crippen LogP contribution in [0.25, 0.3) is 5.57 Å². The van der Waals surface area contributed by atoms with Gasteiger partial charge in [0.2, 0.25) is 0 Å². The van der Waals surface area contributed by atoms with Gasteiger partial charge in [-0.25, -0.2) is 9.29 Å². The molecule has 1 saturated heterocycles. The topological polar surface area (TPSA) is 40.6 Å². The molecule has 2 aliphatic heterocycles. The second-order valence-electron chi connectivity index (χ2n) is 7.78. The number of benzene rings is 2. The molecule has 0 aliphatic carbocycles. The Balaban J connectivity index is 1.81. The van der Waals surface area contributed by atoms with Gasteiger partial charge in [-0.05, 0) is 61.1 Å². The Labute approximate surface area is 174 Å². The van der Waals surface area contributed by atoms with Crippen LogP contribution < -0.4 is 4.90 Å². The molecule has 0 unspecified atom stereocenters. The monoisotopic (exact) mass is 412 g/mol. The van der Waals surface area contributed by atoms with Gasteiger partial charge in [-0.15, -0.1) is 0 Å². The van der Waals surface area contributed by atoms with Crippen molar-refractivity contribution in [1.29, 1.82) is 0 Å². The van der Waals surface area contributed by atoms with E-state index in [1.54, 1.807) is 30.3 Å². The summed E-state index contributed by atoms with van der Waals surface area (Å²) in [5, 5.41) is 0.492. The molecule has 150 valence electrons. The summed E-state index contributed by atoms with van der Waals surface area (Å²) in [6.45, 7) is 5.47. The molecule has 0 N–H and O–H groups in total. The van der Waals surface area contributed by atoms with E-state index in [4.69, 9.17) is 11.6 Å². The molecule has 2 aromatic rings. The van der Waals surface area contributed by atoms with Gasteiger partial charge in [0.25, 0.3) is 11.8 Å². The normalized spacial score (nSPS) is 18.2. The maximum absolute atomic E-state index is 13.5. The highest BCUT2D eigenvalue weighted by molar-refractivity contribution is 6.45. The minimum absolute atomic E-state index is 0.321. The number of carbonyl (C=O) groups is 2. The molecule has 6 heteroatoms. The molecule has 0 bridgehead atoms. The highest BCUT2D eigenvalue weighted by Crippen LogP contribution is 2.37. The lowest BCUT2D eigenvalue weighted by atomic mass is 9.97. The average Bonchev–Trinajstić information content (AvgIpc) is 2.96. The number of carbonyl (C=O) groups excluding carboxylic acids is 2. The van der Waals surface area contributed by atoms with E-state index in [0.29, 0.717) is 46.6 Å². The summed E-state index contributed by atoms with van der Waals surface area (Å²) >= 11 is 6.24. The molecule has 0 spiro atoms. The smallest absolute Gasteiger partial charge is 0.282 e. The highest BCUT2D eigenvalue weighted by atomic mass is 35.5. The largest absolute Gasteiger partial charge is 0.366 e. The number of anilines is 1. The molecular weight excluding hydrogens is 391 g/mol. The first-order valence-electron chi connectivity index (χ1n) is 9.77. The SMILES string of the molecule is Cc1ccc(N2C(=O)C(c3ccc(F)cc3)=C(N3CCC(C)CC3)C2=O)cc1Cl. The number of rotatable bonds is 3. The van der Waals surface area contributed by atoms with E-state index >= 15 is 0 Å². The zero-order chi connectivity index (χ0) is 20.7. The molecule has 0 radical (unpaired) electrons. The number of imide groups is 1. The van der Waals surface area contributed by atoms with Crippen LogP contribution in [0.4, 0.5) is 10.1 Å². The zero-order valence-corrected chi connectivity index (χ0v) is 17.2. The van der Waals surface area contributed by atoms with E-state index in [0.717, 1.165) is 18.4 Å². The Morgan fingerprint density at radius 2 is 1.66 bits per heavy atom. The second kappa shape index (κ2) is 7.64. The molecule has 4 rings (SSSR count). The van der Waals surface area contributed by atoms with Crippen LogP contribution >= 0.6 is 11.6 Å². The first-order chi connectivity index (χ1) is 13.9. The minimum Gasteiger partial charge on any atom is -0.366 e. The average molecular weight is 413 g/mol. The molecule has 0 aromatic heterocycles. The van der Waals surface area contributed by atoms with E-state index in [1.807, 2.05) is 11.8 Å². The van der Waals surface area contributed by atoms with Gasteiger partial charge in [0, 0.05) is 18.1 Å². The van der Waals surface area contributed by atoms with Gasteiger partial charge < -0.3 is 4.90 Å². The fraction of sp³-hybridized carbons (Fsp3) is 0.304. The van der Waals surface area contributed by atoms with Crippen molar-refractivity contribution < 1.29 is 14.0 Å². The number of amides is 2. The standard InChI is InChI=1S/C23H22ClFN2O2/c1-14-9-11-26(12-10-14)21-20(16-4-6-17(25)7-5-16)22(28)27(23(21)29)18-8-3-15(2)19(24)13-18/h3-8,13-14H,9-12H2,1-2H3. The Bertz CT molecular complexity index is 1010. The Hall–Kier alpha value is -2.66. The summed E-state index contributed by atoms with van der Waals surface area (Å²) in [5.41, 5.74) is 2.56. The van der Waals surface area contributed by atoms with Crippen molar-refractivity contribution in [2.45, 2.75) is 26.7 Å². The van der Waals surface area contributed by atoms with E-state index in [1.165, 1.54) is 17.0 Å². The lowest BCUT2D eigenvalue weighted by molar-refractivity contribution is -0.120. The quantitative estimate of drug-likeness (QED) is 0.679. The number of piperidine rings is 1. The van der Waals surface area contributed by atoms with Crippen LogP contribution in [0.3, 0.4) is 0 Å². The number of hydrogen-bond acceptors (Lipinski definition) is 3. The first-order valence-corrected chi connectivity index (χ1v) is 10.1. The van der Waals surface area contributed by atoms with Gasteiger partial charge in [0.05, 0.1) is 11.3 Å². The summed E-state index contributed by atoms with van der Waals surface area (Å²) in [6.07, 6.45) is 1.91. The van der Waals surface area contributed by atoms with Crippen molar-refractivity contribution in [3.63, 3.8) is 0 Å². The maximum atomic E-state index is 13.5. The van der Waals surface area contributed by atoms with Crippen LogP contribution in [0.2, 0.25) is 5.02 Å². The van der Waals surface area contributed by atoms with Crippen LogP contribution in [0.1, 0.15) is 30.9 Å². The number of likely N-dealkylation sites (tertiary alicyclic amines) is 1. The Kier molecular flexibility index (Phi) is 5.17. The third-order valence-electron chi connectivity index (χ3n) is 5.71. The summed E-state index contributed by atoms with van der Waals surface area (Å²) in [6, 6.07) is 10.9. The van der Waals surface area contributed by atoms with Gasteiger partial charge >= 0.3 is 0 Å². The molecule has 0 atom stereocenters. The molecule has 2 amide bonds. The first kappa shape index (κ1) is 19.6. The predicted octanol–water partition coefficient (Wildman–Crippen LogP) is 4.80. The number of hydrogen-bond donors (Lipinski definition) is 0. The molecule has 29 heavy (non-hydrogen) atoms. The van der Waals surface area contributed by atoms with Gasteiger partial charge in [0.1, 0.15) is 11.5 Å². The third kappa shape index (κ3) is 3.55. The second-order valence-corrected chi connectivity index (χ2v) is 8.19. The Morgan fingerprint density at radius 3 is 2.28 bits per heavy atom. The highest BCUT2D eigenvalue weighted by Gasteiger charge is 2.43. The maximum Gasteiger partial charge on any atom is 0.282 e. The molecular formula is C23H22ClFN2O2. The number of nitrogens with zero attached hydrogens (tertiary/aromatic N) is 2. The van der Waals surface area contributed by atoms with Crippen molar-refractivity contribution in [3.8, 4) is 0 Å². The molecule has 4 nitrogen and oxygen atoms in total. The summed E-state index contributed by atoms with van der Waals surface area (Å²) < 4.78 is 13.5. The molecule has 2 aliphatic rings. The van der Waals surface area contributed by atoms with Crippen LogP contribution in [0.5, 0.6) is 0 Å². The third-order valence-corrected chi connectivity index (χ3v) is 6.11. The molecule has 2 aromatic carbocycles. The van der Waals surface area contributed by atoms with Gasteiger partial charge in [-0.2, -0.15) is 0 Å². The fourth-order valence-corrected chi connectivity index (χ4v) is 4.05. The van der Waals surface area contributed by atoms with Crippen LogP contribution in [-0.4, -0.2) is 29.8 Å². The van der Waals surface area contributed by atoms with Gasteiger partial charge in [-0.1, -0.05) is 36.7 Å². The lowest BCUT2D eigenvalue weighted by Crippen LogP contribution is -2.38. The summed E-state index contributed by atoms with van der Waals surface area (Å²) in [5.74, 6) is -0.569. The van der Waals surface area contributed by atoms with E-state index in [2.05, 4.69) is 6.92 Å². The van der Waals surface area contributed by atoms with Crippen molar-refractivity contribution >= 4 is 34.7 Å². The minimum atomic E-state index is -0.407. The molecule has 1 fully saturated rings. The van der Waals surface area contributed by atoms with Crippen LogP contribution in [0.15, 0.2) is 48.2 Å². The van der Waals surface area contributed by atoms with Crippen molar-refractivity contribution in [1.82, 2.24) is 4.90 Å². The van der Waals surface area contributed by atoms with E-state index in [-0.39, 0.29) is 11.7 Å². The fourth-order valence-electron chi connectivity index (χ4n) is 3.88. The molecule has 0 saturated carbocycles. The van der Waals surface area contributed by atoms with E-state index in [9.17, 15) is 14.0 Å². The van der Waals surface area contributed by atoms with Crippen molar-refractivity contribution in [2.75, 3.05) is 18.0 Å². The molecule has 2 heterocycles. The number of aryl methyl sites for hydroxylation is 1. The predicted molar refractivity (Wildman–Crippen MR) is 112 cm³/mol. The lowest BCUT2D eigenvalue weighted by Gasteiger charge is -2.32.